The monoisotopic (exact) mass is 386 g/mol. The van der Waals surface area contributed by atoms with E-state index in [0.717, 1.165) is 16.9 Å². The molecule has 0 fully saturated rings. The van der Waals surface area contributed by atoms with Crippen LogP contribution in [0.15, 0.2) is 30.3 Å². The average Bonchev–Trinajstić information content (AvgIpc) is 3.04. The molecular weight excluding hydrogens is 356 g/mol. The molecule has 0 atom stereocenters. The number of carbonyl (C=O) groups excluding carboxylic acids is 2. The minimum atomic E-state index is -0.227. The summed E-state index contributed by atoms with van der Waals surface area (Å²) in [5, 5.41) is 7.65. The first-order valence-electron chi connectivity index (χ1n) is 9.58. The van der Waals surface area contributed by atoms with Crippen LogP contribution >= 0.6 is 0 Å². The predicted octanol–water partition coefficient (Wildman–Crippen LogP) is 3.65. The molecule has 2 rings (SSSR count). The van der Waals surface area contributed by atoms with Crippen LogP contribution in [0.4, 0.5) is 5.82 Å². The Hall–Kier alpha value is -2.67. The maximum atomic E-state index is 12.4. The quantitative estimate of drug-likeness (QED) is 0.678. The van der Waals surface area contributed by atoms with Gasteiger partial charge in [0.25, 0.3) is 0 Å². The molecule has 1 aromatic carbocycles. The Morgan fingerprint density at radius 2 is 1.86 bits per heavy atom. The molecule has 2 aromatic rings. The van der Waals surface area contributed by atoms with Crippen LogP contribution in [0, 0.1) is 6.92 Å². The van der Waals surface area contributed by atoms with Gasteiger partial charge in [-0.2, -0.15) is 5.10 Å². The number of aromatic nitrogens is 2. The minimum absolute atomic E-state index is 0.147. The number of amides is 2. The van der Waals surface area contributed by atoms with E-state index in [1.165, 1.54) is 0 Å². The fourth-order valence-electron chi connectivity index (χ4n) is 2.61. The summed E-state index contributed by atoms with van der Waals surface area (Å²) in [6.07, 6.45) is 0.913. The Balaban J connectivity index is 2.10. The first-order valence-corrected chi connectivity index (χ1v) is 9.58. The molecule has 7 heteroatoms. The smallest absolute Gasteiger partial charge is 0.243 e. The van der Waals surface area contributed by atoms with Gasteiger partial charge >= 0.3 is 0 Å². The van der Waals surface area contributed by atoms with Crippen molar-refractivity contribution in [2.45, 2.75) is 59.3 Å². The van der Waals surface area contributed by atoms with Crippen LogP contribution in [0.1, 0.15) is 58.2 Å². The van der Waals surface area contributed by atoms with Gasteiger partial charge in [-0.15, -0.1) is 0 Å². The summed E-state index contributed by atoms with van der Waals surface area (Å²) in [4.78, 5) is 28.8. The summed E-state index contributed by atoms with van der Waals surface area (Å²) in [5.74, 6) is 0.243. The van der Waals surface area contributed by atoms with Crippen LogP contribution in [0.3, 0.4) is 0 Å². The van der Waals surface area contributed by atoms with E-state index in [1.807, 2.05) is 37.3 Å². The fraction of sp³-hybridized carbons (Fsp3) is 0.476. The number of benzene rings is 1. The fourth-order valence-corrected chi connectivity index (χ4v) is 2.61. The average molecular weight is 386 g/mol. The maximum Gasteiger partial charge on any atom is 0.243 e. The molecule has 0 aliphatic heterocycles. The molecule has 0 saturated heterocycles. The second kappa shape index (κ2) is 9.50. The Kier molecular flexibility index (Phi) is 7.34. The summed E-state index contributed by atoms with van der Waals surface area (Å²) in [5.41, 5.74) is 5.07. The first-order chi connectivity index (χ1) is 13.2. The van der Waals surface area contributed by atoms with Crippen molar-refractivity contribution in [3.63, 3.8) is 0 Å². The summed E-state index contributed by atoms with van der Waals surface area (Å²) in [6, 6.07) is 9.87. The molecular formula is C21H30N4O3. The van der Waals surface area contributed by atoms with Crippen molar-refractivity contribution in [1.82, 2.24) is 15.3 Å². The van der Waals surface area contributed by atoms with Gasteiger partial charge in [-0.05, 0) is 38.0 Å². The Labute approximate surface area is 166 Å². The van der Waals surface area contributed by atoms with E-state index >= 15 is 0 Å². The van der Waals surface area contributed by atoms with Crippen LogP contribution in [-0.2, 0) is 19.8 Å². The number of nitrogens with one attached hydrogen (secondary N) is 2. The Morgan fingerprint density at radius 1 is 1.14 bits per heavy atom. The van der Waals surface area contributed by atoms with Gasteiger partial charge in [0, 0.05) is 24.3 Å². The number of nitrogens with zero attached hydrogens (tertiary/aromatic N) is 2. The third-order valence-corrected chi connectivity index (χ3v) is 4.13. The van der Waals surface area contributed by atoms with Crippen LogP contribution in [0.2, 0.25) is 0 Å². The number of hydrogen-bond donors (Lipinski definition) is 2. The molecule has 0 saturated carbocycles. The zero-order valence-corrected chi connectivity index (χ0v) is 17.3. The normalized spacial score (nSPS) is 11.3. The number of hydroxylamine groups is 1. The van der Waals surface area contributed by atoms with Gasteiger partial charge in [0.1, 0.15) is 5.82 Å². The molecule has 2 N–H and O–H groups in total. The summed E-state index contributed by atoms with van der Waals surface area (Å²) < 4.78 is 1.76. The molecule has 152 valence electrons. The van der Waals surface area contributed by atoms with Crippen molar-refractivity contribution in [2.75, 3.05) is 11.9 Å². The van der Waals surface area contributed by atoms with E-state index in [0.29, 0.717) is 18.8 Å². The highest BCUT2D eigenvalue weighted by molar-refractivity contribution is 5.90. The molecule has 1 aromatic heterocycles. The number of hydrogen-bond acceptors (Lipinski definition) is 4. The minimum Gasteiger partial charge on any atom is -0.311 e. The molecule has 7 nitrogen and oxygen atoms in total. The van der Waals surface area contributed by atoms with Crippen LogP contribution in [-0.4, -0.2) is 28.2 Å². The molecule has 0 aliphatic carbocycles. The van der Waals surface area contributed by atoms with E-state index in [-0.39, 0.29) is 30.1 Å². The third kappa shape index (κ3) is 6.20. The highest BCUT2D eigenvalue weighted by Gasteiger charge is 2.21. The number of anilines is 1. The van der Waals surface area contributed by atoms with Crippen molar-refractivity contribution in [3.8, 4) is 5.69 Å². The topological polar surface area (TPSA) is 85.2 Å². The predicted molar refractivity (Wildman–Crippen MR) is 109 cm³/mol. The molecule has 0 radical (unpaired) electrons. The molecule has 0 unspecified atom stereocenters. The van der Waals surface area contributed by atoms with E-state index in [1.54, 1.807) is 11.6 Å². The lowest BCUT2D eigenvalue weighted by atomic mass is 9.92. The molecule has 2 amide bonds. The lowest BCUT2D eigenvalue weighted by molar-refractivity contribution is -0.133. The van der Waals surface area contributed by atoms with Gasteiger partial charge in [-0.3, -0.25) is 14.4 Å². The molecule has 28 heavy (non-hydrogen) atoms. The number of aryl methyl sites for hydroxylation is 1. The zero-order chi connectivity index (χ0) is 20.7. The Bertz CT molecular complexity index is 821. The maximum absolute atomic E-state index is 12.4. The van der Waals surface area contributed by atoms with Crippen LogP contribution in [0.5, 0.6) is 0 Å². The van der Waals surface area contributed by atoms with Crippen LogP contribution in [0.25, 0.3) is 5.69 Å². The molecule has 0 aliphatic rings. The zero-order valence-electron chi connectivity index (χ0n) is 17.3. The highest BCUT2D eigenvalue weighted by atomic mass is 16.6. The van der Waals surface area contributed by atoms with Gasteiger partial charge in [0.2, 0.25) is 11.8 Å². The van der Waals surface area contributed by atoms with E-state index in [4.69, 9.17) is 9.94 Å². The molecule has 0 spiro atoms. The van der Waals surface area contributed by atoms with Crippen molar-refractivity contribution in [2.24, 2.45) is 0 Å². The van der Waals surface area contributed by atoms with Crippen molar-refractivity contribution in [3.05, 3.63) is 41.6 Å². The van der Waals surface area contributed by atoms with Gasteiger partial charge in [-0.25, -0.2) is 10.2 Å². The van der Waals surface area contributed by atoms with Gasteiger partial charge in [-0.1, -0.05) is 32.9 Å². The molecule has 0 bridgehead atoms. The van der Waals surface area contributed by atoms with Crippen molar-refractivity contribution in [1.29, 1.82) is 0 Å². The van der Waals surface area contributed by atoms with Crippen LogP contribution < -0.4 is 10.8 Å². The lowest BCUT2D eigenvalue weighted by Gasteiger charge is -2.14. The summed E-state index contributed by atoms with van der Waals surface area (Å²) in [6.45, 7) is 10.5. The molecule has 1 heterocycles. The van der Waals surface area contributed by atoms with E-state index in [2.05, 4.69) is 31.6 Å². The highest BCUT2D eigenvalue weighted by Crippen LogP contribution is 2.26. The summed E-state index contributed by atoms with van der Waals surface area (Å²) in [7, 11) is 0. The second-order valence-electron chi connectivity index (χ2n) is 7.78. The van der Waals surface area contributed by atoms with Gasteiger partial charge in [0.05, 0.1) is 18.0 Å². The number of rotatable bonds is 8. The van der Waals surface area contributed by atoms with Crippen molar-refractivity contribution >= 4 is 17.6 Å². The van der Waals surface area contributed by atoms with Gasteiger partial charge < -0.3 is 5.32 Å². The first kappa shape index (κ1) is 21.6. The van der Waals surface area contributed by atoms with Gasteiger partial charge in [0.15, 0.2) is 0 Å². The largest absolute Gasteiger partial charge is 0.311 e. The van der Waals surface area contributed by atoms with E-state index in [9.17, 15) is 9.59 Å². The second-order valence-corrected chi connectivity index (χ2v) is 7.78. The SMILES string of the molecule is CCONC(=O)CCCC(=O)Nc1cc(C(C)(C)C)nn1-c1cccc(C)c1. The lowest BCUT2D eigenvalue weighted by Crippen LogP contribution is -2.23. The summed E-state index contributed by atoms with van der Waals surface area (Å²) >= 11 is 0. The third-order valence-electron chi connectivity index (χ3n) is 4.13. The standard InChI is InChI=1S/C21H30N4O3/c1-6-28-24-20(27)12-8-11-19(26)22-18-14-17(21(3,4)5)23-25(18)16-10-7-9-15(2)13-16/h7,9-10,13-14H,6,8,11-12H2,1-5H3,(H,22,26)(H,24,27). The van der Waals surface area contributed by atoms with Crippen molar-refractivity contribution < 1.29 is 14.4 Å². The van der Waals surface area contributed by atoms with E-state index < -0.39 is 0 Å². The number of carbonyl (C=O) groups is 2. The Morgan fingerprint density at radius 3 is 2.50 bits per heavy atom.